The minimum Gasteiger partial charge on any atom is -0.464 e. The molecule has 1 rings (SSSR count). The molecule has 1 saturated carbocycles. The first kappa shape index (κ1) is 18.5. The van der Waals surface area contributed by atoms with E-state index in [4.69, 9.17) is 4.74 Å². The summed E-state index contributed by atoms with van der Waals surface area (Å²) in [5.41, 5.74) is -0.973. The number of aliphatic hydroxyl groups is 1. The summed E-state index contributed by atoms with van der Waals surface area (Å²) in [5.74, 6) is 0.311. The van der Waals surface area contributed by atoms with Crippen molar-refractivity contribution >= 4 is 5.97 Å². The maximum Gasteiger partial charge on any atom is 0.338 e. The number of rotatable bonds is 5. The Balaban J connectivity index is 2.82. The van der Waals surface area contributed by atoms with Crippen molar-refractivity contribution in [1.29, 1.82) is 0 Å². The zero-order valence-corrected chi connectivity index (χ0v) is 14.6. The van der Waals surface area contributed by atoms with Gasteiger partial charge in [-0.25, -0.2) is 4.79 Å². The second-order valence-electron chi connectivity index (χ2n) is 7.66. The number of ether oxygens (including phenoxy) is 1. The molecule has 3 unspecified atom stereocenters. The highest BCUT2D eigenvalue weighted by atomic mass is 16.5. The summed E-state index contributed by atoms with van der Waals surface area (Å²) in [6.07, 6.45) is 6.56. The molecule has 0 aromatic heterocycles. The van der Waals surface area contributed by atoms with Crippen LogP contribution in [0.15, 0.2) is 0 Å². The molecule has 1 N–H and O–H groups in total. The van der Waals surface area contributed by atoms with Gasteiger partial charge in [-0.05, 0) is 56.3 Å². The highest BCUT2D eigenvalue weighted by molar-refractivity contribution is 5.79. The normalized spacial score (nSPS) is 26.8. The number of carbonyl (C=O) groups excluding carboxylic acids is 1. The summed E-state index contributed by atoms with van der Waals surface area (Å²) in [6.45, 7) is 11.0. The van der Waals surface area contributed by atoms with Crippen molar-refractivity contribution in [2.24, 2.45) is 17.3 Å². The van der Waals surface area contributed by atoms with E-state index in [-0.39, 0.29) is 5.92 Å². The molecule has 1 aliphatic rings. The van der Waals surface area contributed by atoms with Crippen LogP contribution in [0.5, 0.6) is 0 Å². The Morgan fingerprint density at radius 1 is 1.10 bits per heavy atom. The Bertz CT molecular complexity index is 332. The highest BCUT2D eigenvalue weighted by Gasteiger charge is 2.45. The van der Waals surface area contributed by atoms with Crippen LogP contribution in [0.25, 0.3) is 0 Å². The smallest absolute Gasteiger partial charge is 0.338 e. The average molecular weight is 298 g/mol. The van der Waals surface area contributed by atoms with Crippen LogP contribution in [-0.2, 0) is 9.53 Å². The number of carbonyl (C=O) groups is 1. The molecular formula is C18H34O3. The molecule has 1 fully saturated rings. The van der Waals surface area contributed by atoms with Gasteiger partial charge in [-0.2, -0.15) is 0 Å². The molecule has 0 aliphatic heterocycles. The van der Waals surface area contributed by atoms with E-state index < -0.39 is 11.6 Å². The molecule has 0 radical (unpaired) electrons. The van der Waals surface area contributed by atoms with Crippen LogP contribution in [0.2, 0.25) is 0 Å². The molecule has 3 heteroatoms. The molecule has 124 valence electrons. The predicted molar refractivity (Wildman–Crippen MR) is 86.0 cm³/mol. The van der Waals surface area contributed by atoms with Crippen molar-refractivity contribution in [3.8, 4) is 0 Å². The van der Waals surface area contributed by atoms with Crippen molar-refractivity contribution in [2.45, 2.75) is 85.2 Å². The van der Waals surface area contributed by atoms with Gasteiger partial charge in [-0.15, -0.1) is 0 Å². The summed E-state index contributed by atoms with van der Waals surface area (Å²) in [5, 5.41) is 11.0. The average Bonchev–Trinajstić information content (AvgIpc) is 2.64. The van der Waals surface area contributed by atoms with Gasteiger partial charge in [-0.1, -0.05) is 40.5 Å². The molecule has 0 aromatic rings. The summed E-state index contributed by atoms with van der Waals surface area (Å²) in [7, 11) is 0. The topological polar surface area (TPSA) is 46.5 Å². The number of esters is 1. The summed E-state index contributed by atoms with van der Waals surface area (Å²) in [4.78, 5) is 12.3. The fourth-order valence-electron chi connectivity index (χ4n) is 3.76. The largest absolute Gasteiger partial charge is 0.464 e. The maximum atomic E-state index is 12.3. The molecule has 0 amide bonds. The van der Waals surface area contributed by atoms with E-state index in [1.807, 2.05) is 6.92 Å². The molecule has 3 nitrogen and oxygen atoms in total. The lowest BCUT2D eigenvalue weighted by Gasteiger charge is -2.34. The zero-order chi connectivity index (χ0) is 16.1. The minimum atomic E-state index is -1.28. The van der Waals surface area contributed by atoms with Crippen LogP contribution in [0, 0.1) is 17.3 Å². The molecular weight excluding hydrogens is 264 g/mol. The van der Waals surface area contributed by atoms with Gasteiger partial charge in [0.1, 0.15) is 0 Å². The number of hydrogen-bond acceptors (Lipinski definition) is 3. The van der Waals surface area contributed by atoms with E-state index in [1.165, 1.54) is 6.42 Å². The second kappa shape index (κ2) is 7.62. The van der Waals surface area contributed by atoms with Crippen LogP contribution >= 0.6 is 0 Å². The molecule has 0 saturated heterocycles. The van der Waals surface area contributed by atoms with Crippen LogP contribution in [-0.4, -0.2) is 23.3 Å². The first-order valence-corrected chi connectivity index (χ1v) is 8.65. The molecule has 21 heavy (non-hydrogen) atoms. The first-order valence-electron chi connectivity index (χ1n) is 8.65. The Labute approximate surface area is 130 Å². The number of hydrogen-bond donors (Lipinski definition) is 1. The van der Waals surface area contributed by atoms with Gasteiger partial charge in [0.25, 0.3) is 0 Å². The summed E-state index contributed by atoms with van der Waals surface area (Å²) in [6, 6.07) is 0. The van der Waals surface area contributed by atoms with Crippen molar-refractivity contribution in [3.63, 3.8) is 0 Å². The summed E-state index contributed by atoms with van der Waals surface area (Å²) < 4.78 is 5.16. The molecule has 3 atom stereocenters. The van der Waals surface area contributed by atoms with E-state index >= 15 is 0 Å². The molecule has 0 spiro atoms. The maximum absolute atomic E-state index is 12.3. The molecule has 0 bridgehead atoms. The van der Waals surface area contributed by atoms with E-state index in [2.05, 4.69) is 20.8 Å². The minimum absolute atomic E-state index is 0.0452. The van der Waals surface area contributed by atoms with E-state index in [1.54, 1.807) is 6.92 Å². The van der Waals surface area contributed by atoms with Gasteiger partial charge < -0.3 is 9.84 Å². The molecule has 0 aromatic carbocycles. The predicted octanol–water partition coefficient (Wildman–Crippen LogP) is 4.32. The van der Waals surface area contributed by atoms with Gasteiger partial charge in [0.2, 0.25) is 0 Å². The van der Waals surface area contributed by atoms with E-state index in [9.17, 15) is 9.90 Å². The van der Waals surface area contributed by atoms with Gasteiger partial charge in [0.05, 0.1) is 6.61 Å². The van der Waals surface area contributed by atoms with Crippen LogP contribution in [0.1, 0.15) is 79.6 Å². The Hall–Kier alpha value is -0.570. The second-order valence-corrected chi connectivity index (χ2v) is 7.66. The first-order chi connectivity index (χ1) is 9.75. The molecule has 1 aliphatic carbocycles. The van der Waals surface area contributed by atoms with Crippen LogP contribution in [0.4, 0.5) is 0 Å². The van der Waals surface area contributed by atoms with Crippen LogP contribution in [0.3, 0.4) is 0 Å². The van der Waals surface area contributed by atoms with Gasteiger partial charge in [0.15, 0.2) is 5.60 Å². The zero-order valence-electron chi connectivity index (χ0n) is 14.6. The third kappa shape index (κ3) is 4.70. The Morgan fingerprint density at radius 3 is 2.19 bits per heavy atom. The Morgan fingerprint density at radius 2 is 1.67 bits per heavy atom. The quantitative estimate of drug-likeness (QED) is 0.607. The van der Waals surface area contributed by atoms with Gasteiger partial charge in [-0.3, -0.25) is 0 Å². The van der Waals surface area contributed by atoms with Gasteiger partial charge in [0, 0.05) is 0 Å². The third-order valence-electron chi connectivity index (χ3n) is 5.13. The standard InChI is InChI=1S/C18H34O3/c1-6-13-18(20,16(19)21-7-2)15-10-8-9-14(11-12-15)17(3,4)5/h14-15,20H,6-13H2,1-5H3. The van der Waals surface area contributed by atoms with E-state index in [0.29, 0.717) is 24.4 Å². The van der Waals surface area contributed by atoms with Crippen LogP contribution < -0.4 is 0 Å². The fourth-order valence-corrected chi connectivity index (χ4v) is 3.76. The van der Waals surface area contributed by atoms with Crippen molar-refractivity contribution in [3.05, 3.63) is 0 Å². The summed E-state index contributed by atoms with van der Waals surface area (Å²) >= 11 is 0. The highest BCUT2D eigenvalue weighted by Crippen LogP contribution is 2.42. The van der Waals surface area contributed by atoms with Crippen molar-refractivity contribution in [2.75, 3.05) is 6.61 Å². The van der Waals surface area contributed by atoms with Gasteiger partial charge >= 0.3 is 5.97 Å². The SMILES string of the molecule is CCCC(O)(C(=O)OCC)C1CCCC(C(C)(C)C)CC1. The van der Waals surface area contributed by atoms with E-state index in [0.717, 1.165) is 32.1 Å². The monoisotopic (exact) mass is 298 g/mol. The lowest BCUT2D eigenvalue weighted by Crippen LogP contribution is -2.47. The fraction of sp³-hybridized carbons (Fsp3) is 0.944. The Kier molecular flexibility index (Phi) is 6.71. The lowest BCUT2D eigenvalue weighted by atomic mass is 9.75. The van der Waals surface area contributed by atoms with Crippen molar-refractivity contribution in [1.82, 2.24) is 0 Å². The third-order valence-corrected chi connectivity index (χ3v) is 5.13. The molecule has 0 heterocycles. The lowest BCUT2D eigenvalue weighted by molar-refractivity contribution is -0.173. The van der Waals surface area contributed by atoms with Crippen molar-refractivity contribution < 1.29 is 14.6 Å².